The number of hydrogen-bond donors (Lipinski definition) is 1. The predicted octanol–water partition coefficient (Wildman–Crippen LogP) is 2.09. The van der Waals surface area contributed by atoms with Gasteiger partial charge in [-0.15, -0.1) is 0 Å². The molecule has 0 aromatic rings. The lowest BCUT2D eigenvalue weighted by Gasteiger charge is -2.19. The first-order valence-electron chi connectivity index (χ1n) is 4.53. The van der Waals surface area contributed by atoms with Crippen molar-refractivity contribution < 1.29 is 9.53 Å². The SMILES string of the molecule is CC1=CC1CNC(=O)OC(C)(C)C. The molecule has 1 aliphatic rings. The fraction of sp³-hybridized carbons (Fsp3) is 0.700. The highest BCUT2D eigenvalue weighted by molar-refractivity contribution is 5.67. The number of alkyl carbamates (subject to hydrolysis) is 1. The van der Waals surface area contributed by atoms with Gasteiger partial charge in [0.15, 0.2) is 0 Å². The van der Waals surface area contributed by atoms with Gasteiger partial charge in [-0.25, -0.2) is 4.79 Å². The van der Waals surface area contributed by atoms with Crippen molar-refractivity contribution in [1.29, 1.82) is 0 Å². The molecule has 0 heterocycles. The van der Waals surface area contributed by atoms with Gasteiger partial charge in [0.25, 0.3) is 0 Å². The van der Waals surface area contributed by atoms with E-state index in [-0.39, 0.29) is 6.09 Å². The summed E-state index contributed by atoms with van der Waals surface area (Å²) in [6.45, 7) is 8.29. The van der Waals surface area contributed by atoms with Crippen molar-refractivity contribution in [2.45, 2.75) is 33.3 Å². The Bertz CT molecular complexity index is 238. The second-order valence-corrected chi connectivity index (χ2v) is 4.40. The summed E-state index contributed by atoms with van der Waals surface area (Å²) in [6, 6.07) is 0. The summed E-state index contributed by atoms with van der Waals surface area (Å²) in [5, 5.41) is 2.72. The van der Waals surface area contributed by atoms with Crippen LogP contribution >= 0.6 is 0 Å². The van der Waals surface area contributed by atoms with E-state index in [0.717, 1.165) is 0 Å². The van der Waals surface area contributed by atoms with E-state index in [4.69, 9.17) is 4.74 Å². The third kappa shape index (κ3) is 3.97. The maximum Gasteiger partial charge on any atom is 0.407 e. The summed E-state index contributed by atoms with van der Waals surface area (Å²) in [5.74, 6) is 0.465. The maximum absolute atomic E-state index is 11.1. The zero-order chi connectivity index (χ0) is 10.1. The van der Waals surface area contributed by atoms with Gasteiger partial charge in [0.05, 0.1) is 0 Å². The molecular weight excluding hydrogens is 166 g/mol. The average molecular weight is 183 g/mol. The summed E-state index contributed by atoms with van der Waals surface area (Å²) in [6.07, 6.45) is 1.79. The number of nitrogens with one attached hydrogen (secondary N) is 1. The standard InChI is InChI=1S/C10H17NO2/c1-7-5-8(7)6-11-9(12)13-10(2,3)4/h5,8H,6H2,1-4H3,(H,11,12). The zero-order valence-electron chi connectivity index (χ0n) is 8.68. The van der Waals surface area contributed by atoms with Gasteiger partial charge in [-0.2, -0.15) is 0 Å². The van der Waals surface area contributed by atoms with Crippen LogP contribution in [0.15, 0.2) is 11.6 Å². The summed E-state index contributed by atoms with van der Waals surface area (Å²) < 4.78 is 5.08. The van der Waals surface area contributed by atoms with E-state index < -0.39 is 5.60 Å². The lowest BCUT2D eigenvalue weighted by molar-refractivity contribution is 0.0526. The molecule has 1 unspecified atom stereocenters. The first kappa shape index (κ1) is 10.1. The number of hydrogen-bond acceptors (Lipinski definition) is 2. The second-order valence-electron chi connectivity index (χ2n) is 4.40. The summed E-state index contributed by atoms with van der Waals surface area (Å²) in [4.78, 5) is 11.1. The van der Waals surface area contributed by atoms with Gasteiger partial charge < -0.3 is 10.1 Å². The van der Waals surface area contributed by atoms with Crippen molar-refractivity contribution in [3.05, 3.63) is 11.6 Å². The molecule has 0 aromatic heterocycles. The van der Waals surface area contributed by atoms with Gasteiger partial charge in [0.1, 0.15) is 5.60 Å². The first-order valence-corrected chi connectivity index (χ1v) is 4.53. The Balaban J connectivity index is 2.12. The van der Waals surface area contributed by atoms with E-state index in [2.05, 4.69) is 18.3 Å². The van der Waals surface area contributed by atoms with E-state index in [0.29, 0.717) is 12.5 Å². The van der Waals surface area contributed by atoms with E-state index in [1.165, 1.54) is 5.57 Å². The smallest absolute Gasteiger partial charge is 0.407 e. The van der Waals surface area contributed by atoms with Crippen molar-refractivity contribution in [3.8, 4) is 0 Å². The minimum Gasteiger partial charge on any atom is -0.444 e. The Kier molecular flexibility index (Phi) is 2.64. The highest BCUT2D eigenvalue weighted by Crippen LogP contribution is 2.26. The van der Waals surface area contributed by atoms with E-state index >= 15 is 0 Å². The van der Waals surface area contributed by atoms with Crippen LogP contribution < -0.4 is 5.32 Å². The largest absolute Gasteiger partial charge is 0.444 e. The molecule has 3 nitrogen and oxygen atoms in total. The molecule has 0 saturated carbocycles. The normalized spacial score (nSPS) is 20.6. The Labute approximate surface area is 79.2 Å². The first-order chi connectivity index (χ1) is 5.88. The molecule has 1 rings (SSSR count). The average Bonchev–Trinajstić information content (AvgIpc) is 2.58. The van der Waals surface area contributed by atoms with Crippen molar-refractivity contribution >= 4 is 6.09 Å². The third-order valence-electron chi connectivity index (χ3n) is 1.81. The highest BCUT2D eigenvalue weighted by Gasteiger charge is 2.22. The topological polar surface area (TPSA) is 38.3 Å². The van der Waals surface area contributed by atoms with Crippen LogP contribution in [0.4, 0.5) is 4.79 Å². The molecule has 0 aliphatic heterocycles. The number of carbonyl (C=O) groups excluding carboxylic acids is 1. The molecular formula is C10H17NO2. The van der Waals surface area contributed by atoms with E-state index in [1.54, 1.807) is 0 Å². The van der Waals surface area contributed by atoms with Gasteiger partial charge >= 0.3 is 6.09 Å². The molecule has 1 amide bonds. The third-order valence-corrected chi connectivity index (χ3v) is 1.81. The zero-order valence-corrected chi connectivity index (χ0v) is 8.68. The Hall–Kier alpha value is -0.990. The Morgan fingerprint density at radius 3 is 2.54 bits per heavy atom. The van der Waals surface area contributed by atoms with Crippen molar-refractivity contribution in [2.24, 2.45) is 5.92 Å². The molecule has 1 aliphatic carbocycles. The fourth-order valence-electron chi connectivity index (χ4n) is 0.997. The van der Waals surface area contributed by atoms with Gasteiger partial charge in [-0.1, -0.05) is 11.6 Å². The molecule has 0 saturated heterocycles. The minimum atomic E-state index is -0.407. The Morgan fingerprint density at radius 2 is 2.15 bits per heavy atom. The van der Waals surface area contributed by atoms with Crippen LogP contribution in [0, 0.1) is 5.92 Å². The summed E-state index contributed by atoms with van der Waals surface area (Å²) >= 11 is 0. The van der Waals surface area contributed by atoms with Crippen LogP contribution in [0.2, 0.25) is 0 Å². The van der Waals surface area contributed by atoms with E-state index in [1.807, 2.05) is 20.8 Å². The van der Waals surface area contributed by atoms with Crippen LogP contribution in [-0.4, -0.2) is 18.2 Å². The van der Waals surface area contributed by atoms with E-state index in [9.17, 15) is 4.79 Å². The lowest BCUT2D eigenvalue weighted by Crippen LogP contribution is -2.33. The Morgan fingerprint density at radius 1 is 1.62 bits per heavy atom. The maximum atomic E-state index is 11.1. The molecule has 0 fully saturated rings. The molecule has 0 aromatic carbocycles. The quantitative estimate of drug-likeness (QED) is 0.666. The molecule has 3 heteroatoms. The minimum absolute atomic E-state index is 0.333. The van der Waals surface area contributed by atoms with Gasteiger partial charge in [-0.3, -0.25) is 0 Å². The molecule has 1 N–H and O–H groups in total. The van der Waals surface area contributed by atoms with Crippen molar-refractivity contribution in [2.75, 3.05) is 6.54 Å². The molecule has 74 valence electrons. The van der Waals surface area contributed by atoms with Crippen molar-refractivity contribution in [1.82, 2.24) is 5.32 Å². The molecule has 0 spiro atoms. The monoisotopic (exact) mass is 183 g/mol. The number of rotatable bonds is 2. The van der Waals surface area contributed by atoms with Crippen LogP contribution in [0.25, 0.3) is 0 Å². The molecule has 13 heavy (non-hydrogen) atoms. The number of ether oxygens (including phenoxy) is 1. The van der Waals surface area contributed by atoms with Gasteiger partial charge in [0, 0.05) is 12.5 Å². The van der Waals surface area contributed by atoms with Crippen LogP contribution in [0.3, 0.4) is 0 Å². The predicted molar refractivity (Wildman–Crippen MR) is 51.5 cm³/mol. The number of carbonyl (C=O) groups is 1. The van der Waals surface area contributed by atoms with Crippen molar-refractivity contribution in [3.63, 3.8) is 0 Å². The molecule has 0 radical (unpaired) electrons. The van der Waals surface area contributed by atoms with Gasteiger partial charge in [-0.05, 0) is 27.7 Å². The summed E-state index contributed by atoms with van der Waals surface area (Å²) in [7, 11) is 0. The number of amides is 1. The van der Waals surface area contributed by atoms with Gasteiger partial charge in [0.2, 0.25) is 0 Å². The molecule has 0 bridgehead atoms. The highest BCUT2D eigenvalue weighted by atomic mass is 16.6. The van der Waals surface area contributed by atoms with Crippen LogP contribution in [0.1, 0.15) is 27.7 Å². The lowest BCUT2D eigenvalue weighted by atomic mass is 10.2. The summed E-state index contributed by atoms with van der Waals surface area (Å²) in [5.41, 5.74) is 0.937. The fourth-order valence-corrected chi connectivity index (χ4v) is 0.997. The van der Waals surface area contributed by atoms with Crippen LogP contribution in [-0.2, 0) is 4.74 Å². The van der Waals surface area contributed by atoms with Crippen LogP contribution in [0.5, 0.6) is 0 Å². The second kappa shape index (κ2) is 3.40. The molecule has 1 atom stereocenters.